The van der Waals surface area contributed by atoms with E-state index < -0.39 is 5.91 Å². The third-order valence-corrected chi connectivity index (χ3v) is 3.92. The second-order valence-electron chi connectivity index (χ2n) is 5.67. The van der Waals surface area contributed by atoms with E-state index in [0.717, 1.165) is 16.7 Å². The molecule has 0 radical (unpaired) electrons. The van der Waals surface area contributed by atoms with Gasteiger partial charge in [-0.15, -0.1) is 0 Å². The predicted molar refractivity (Wildman–Crippen MR) is 93.2 cm³/mol. The summed E-state index contributed by atoms with van der Waals surface area (Å²) in [4.78, 5) is 11.8. The summed E-state index contributed by atoms with van der Waals surface area (Å²) in [5.41, 5.74) is 8.98. The number of phenolic OH excluding ortho intramolecular Hbond substituents is 1. The Morgan fingerprint density at radius 3 is 2.68 bits per heavy atom. The van der Waals surface area contributed by atoms with Crippen LogP contribution in [0, 0.1) is 5.21 Å². The van der Waals surface area contributed by atoms with Crippen molar-refractivity contribution in [1.82, 2.24) is 5.10 Å². The highest BCUT2D eigenvalue weighted by atomic mass is 16.5. The maximum Gasteiger partial charge on any atom is 0.252 e. The zero-order valence-electron chi connectivity index (χ0n) is 13.4. The zero-order chi connectivity index (χ0) is 17.8. The fourth-order valence-corrected chi connectivity index (χ4v) is 2.74. The first-order valence-electron chi connectivity index (χ1n) is 7.80. The van der Waals surface area contributed by atoms with E-state index in [2.05, 4.69) is 5.10 Å². The van der Waals surface area contributed by atoms with Gasteiger partial charge in [0.25, 0.3) is 5.69 Å². The van der Waals surface area contributed by atoms with Crippen molar-refractivity contribution in [3.8, 4) is 28.1 Å². The number of hydrogen-bond donors (Lipinski definition) is 2. The number of carbonyl (C=O) groups is 1. The number of nitrogens with zero attached hydrogens (tertiary/aromatic N) is 2. The normalized spacial score (nSPS) is 10.6. The van der Waals surface area contributed by atoms with Gasteiger partial charge in [0.15, 0.2) is 0 Å². The van der Waals surface area contributed by atoms with Crippen LogP contribution in [0.1, 0.15) is 12.0 Å². The maximum absolute atomic E-state index is 11.9. The lowest BCUT2D eigenvalue weighted by molar-refractivity contribution is -0.658. The Morgan fingerprint density at radius 2 is 1.96 bits per heavy atom. The topological polar surface area (TPSA) is 103 Å². The van der Waals surface area contributed by atoms with Crippen molar-refractivity contribution in [3.63, 3.8) is 0 Å². The fourth-order valence-electron chi connectivity index (χ4n) is 2.74. The molecule has 0 aliphatic carbocycles. The van der Waals surface area contributed by atoms with Crippen LogP contribution in [0.25, 0.3) is 22.4 Å². The van der Waals surface area contributed by atoms with Gasteiger partial charge in [0.2, 0.25) is 5.91 Å². The molecule has 126 valence electrons. The molecule has 0 aliphatic heterocycles. The average molecular weight is 335 g/mol. The summed E-state index contributed by atoms with van der Waals surface area (Å²) in [6.07, 6.45) is 2.05. The summed E-state index contributed by atoms with van der Waals surface area (Å²) in [6, 6.07) is 15.8. The molecule has 3 rings (SSSR count). The van der Waals surface area contributed by atoms with Crippen LogP contribution in [0.4, 0.5) is 0 Å². The average Bonchev–Trinajstić information content (AvgIpc) is 2.60. The second-order valence-corrected chi connectivity index (χ2v) is 5.67. The summed E-state index contributed by atoms with van der Waals surface area (Å²) >= 11 is 0. The van der Waals surface area contributed by atoms with Gasteiger partial charge in [-0.05, 0) is 53.4 Å². The molecule has 6 heteroatoms. The molecule has 1 amide bonds. The van der Waals surface area contributed by atoms with E-state index in [4.69, 9.17) is 5.73 Å². The van der Waals surface area contributed by atoms with Gasteiger partial charge in [0.1, 0.15) is 5.75 Å². The third kappa shape index (κ3) is 3.74. The molecule has 3 N–H and O–H groups in total. The van der Waals surface area contributed by atoms with Gasteiger partial charge in [-0.25, -0.2) is 0 Å². The lowest BCUT2D eigenvalue weighted by Crippen LogP contribution is -2.33. The maximum atomic E-state index is 11.9. The molecule has 3 aromatic rings. The minimum atomic E-state index is -0.396. The molecular weight excluding hydrogens is 318 g/mol. The molecule has 1 aromatic heterocycles. The van der Waals surface area contributed by atoms with Gasteiger partial charge in [0.05, 0.1) is 11.8 Å². The Morgan fingerprint density at radius 1 is 1.12 bits per heavy atom. The summed E-state index contributed by atoms with van der Waals surface area (Å²) < 4.78 is 0. The number of benzene rings is 2. The Balaban J connectivity index is 2.09. The number of aromatic nitrogens is 2. The lowest BCUT2D eigenvalue weighted by atomic mass is 9.93. The van der Waals surface area contributed by atoms with Crippen molar-refractivity contribution in [2.45, 2.75) is 12.8 Å². The summed E-state index contributed by atoms with van der Waals surface area (Å²) in [7, 11) is 0. The van der Waals surface area contributed by atoms with Crippen molar-refractivity contribution in [1.29, 1.82) is 0 Å². The van der Waals surface area contributed by atoms with Gasteiger partial charge in [-0.2, -0.15) is 0 Å². The minimum absolute atomic E-state index is 0.159. The molecule has 0 unspecified atom stereocenters. The Kier molecular flexibility index (Phi) is 4.61. The molecule has 0 atom stereocenters. The van der Waals surface area contributed by atoms with Crippen LogP contribution >= 0.6 is 0 Å². The highest BCUT2D eigenvalue weighted by Gasteiger charge is 2.14. The number of hydrogen-bond acceptors (Lipinski definition) is 4. The first kappa shape index (κ1) is 16.4. The molecule has 0 bridgehead atoms. The van der Waals surface area contributed by atoms with E-state index in [0.29, 0.717) is 22.5 Å². The molecule has 0 saturated carbocycles. The fraction of sp³-hybridized carbons (Fsp3) is 0.105. The van der Waals surface area contributed by atoms with Crippen LogP contribution in [0.15, 0.2) is 60.8 Å². The van der Waals surface area contributed by atoms with Crippen LogP contribution in [0.3, 0.4) is 0 Å². The summed E-state index contributed by atoms with van der Waals surface area (Å²) in [5, 5.41) is 25.3. The van der Waals surface area contributed by atoms with Crippen molar-refractivity contribution < 1.29 is 14.7 Å². The SMILES string of the molecule is NC(=O)CCc1cc(-c2cccn[n+]2[O-])ccc1-c1cccc(O)c1. The number of aryl methyl sites for hydroxylation is 1. The number of carbonyl (C=O) groups excluding carboxylic acids is 1. The molecule has 2 aromatic carbocycles. The van der Waals surface area contributed by atoms with Gasteiger partial charge in [-0.1, -0.05) is 23.0 Å². The van der Waals surface area contributed by atoms with Gasteiger partial charge >= 0.3 is 0 Å². The molecule has 6 nitrogen and oxygen atoms in total. The molecule has 0 saturated heterocycles. The number of amides is 1. The Labute approximate surface area is 144 Å². The van der Waals surface area contributed by atoms with Crippen molar-refractivity contribution in [2.24, 2.45) is 5.73 Å². The van der Waals surface area contributed by atoms with E-state index in [1.807, 2.05) is 24.3 Å². The molecule has 1 heterocycles. The zero-order valence-corrected chi connectivity index (χ0v) is 13.4. The van der Waals surface area contributed by atoms with Crippen LogP contribution in [-0.4, -0.2) is 16.1 Å². The largest absolute Gasteiger partial charge is 0.594 e. The van der Waals surface area contributed by atoms with E-state index in [1.54, 1.807) is 30.3 Å². The van der Waals surface area contributed by atoms with E-state index in [1.165, 1.54) is 6.20 Å². The highest BCUT2D eigenvalue weighted by molar-refractivity contribution is 5.76. The minimum Gasteiger partial charge on any atom is -0.594 e. The first-order chi connectivity index (χ1) is 12.0. The smallest absolute Gasteiger partial charge is 0.252 e. The predicted octanol–water partition coefficient (Wildman–Crippen LogP) is 2.17. The second kappa shape index (κ2) is 7.00. The molecule has 0 aliphatic rings. The molecule has 25 heavy (non-hydrogen) atoms. The number of primary amides is 1. The summed E-state index contributed by atoms with van der Waals surface area (Å²) in [5.74, 6) is -0.236. The number of rotatable bonds is 5. The molecule has 0 fully saturated rings. The Hall–Kier alpha value is -3.41. The first-order valence-corrected chi connectivity index (χ1v) is 7.80. The van der Waals surface area contributed by atoms with E-state index >= 15 is 0 Å². The monoisotopic (exact) mass is 335 g/mol. The van der Waals surface area contributed by atoms with Gasteiger partial charge in [0, 0.05) is 17.6 Å². The molecular formula is C19H17N3O3. The lowest BCUT2D eigenvalue weighted by Gasteiger charge is -2.12. The van der Waals surface area contributed by atoms with Crippen molar-refractivity contribution in [2.75, 3.05) is 0 Å². The van der Waals surface area contributed by atoms with Gasteiger partial charge in [-0.3, -0.25) is 4.79 Å². The third-order valence-electron chi connectivity index (χ3n) is 3.92. The quantitative estimate of drug-likeness (QED) is 0.551. The van der Waals surface area contributed by atoms with Crippen LogP contribution in [0.2, 0.25) is 0 Å². The van der Waals surface area contributed by atoms with Crippen molar-refractivity contribution >= 4 is 5.91 Å². The Bertz CT molecular complexity index is 925. The van der Waals surface area contributed by atoms with E-state index in [9.17, 15) is 15.1 Å². The number of aromatic hydroxyl groups is 1. The standard InChI is InChI=1S/C19H17N3O3/c20-19(24)9-7-14-11-15(18-5-2-10-21-22(18)25)6-8-17(14)13-3-1-4-16(23)12-13/h1-6,8,10-12,23H,7,9H2,(H2,20,24). The van der Waals surface area contributed by atoms with Crippen LogP contribution < -0.4 is 10.6 Å². The van der Waals surface area contributed by atoms with Crippen LogP contribution in [0.5, 0.6) is 5.75 Å². The van der Waals surface area contributed by atoms with E-state index in [-0.39, 0.29) is 12.2 Å². The van der Waals surface area contributed by atoms with Gasteiger partial charge < -0.3 is 16.0 Å². The number of phenols is 1. The number of nitrogens with two attached hydrogens (primary N) is 1. The molecule has 0 spiro atoms. The van der Waals surface area contributed by atoms with Crippen LogP contribution in [-0.2, 0) is 11.2 Å². The van der Waals surface area contributed by atoms with Crippen molar-refractivity contribution in [3.05, 3.63) is 71.6 Å². The summed E-state index contributed by atoms with van der Waals surface area (Å²) in [6.45, 7) is 0. The highest BCUT2D eigenvalue weighted by Crippen LogP contribution is 2.30.